The molecule has 0 aliphatic rings. The number of halogens is 1. The van der Waals surface area contributed by atoms with Gasteiger partial charge in [-0.05, 0) is 29.8 Å². The second kappa shape index (κ2) is 5.06. The van der Waals surface area contributed by atoms with Crippen molar-refractivity contribution in [3.05, 3.63) is 53.2 Å². The van der Waals surface area contributed by atoms with Crippen molar-refractivity contribution >= 4 is 23.1 Å². The van der Waals surface area contributed by atoms with E-state index in [-0.39, 0.29) is 0 Å². The molecule has 0 saturated heterocycles. The van der Waals surface area contributed by atoms with Crippen LogP contribution in [-0.2, 0) is 6.54 Å². The van der Waals surface area contributed by atoms with E-state index in [0.29, 0.717) is 5.02 Å². The highest BCUT2D eigenvalue weighted by molar-refractivity contribution is 6.30. The Bertz CT molecular complexity index is 496. The maximum absolute atomic E-state index is 5.80. The van der Waals surface area contributed by atoms with Crippen molar-refractivity contribution in [2.75, 3.05) is 17.7 Å². The number of hydrogen-bond acceptors (Lipinski definition) is 3. The Hall–Kier alpha value is -1.74. The molecule has 0 aliphatic carbocycles. The third kappa shape index (κ3) is 3.11. The minimum absolute atomic E-state index is 0.645. The summed E-state index contributed by atoms with van der Waals surface area (Å²) in [7, 11) is 1.99. The minimum atomic E-state index is 0.645. The largest absolute Gasteiger partial charge is 0.399 e. The van der Waals surface area contributed by atoms with Crippen LogP contribution in [0.1, 0.15) is 5.56 Å². The molecule has 2 N–H and O–H groups in total. The quantitative estimate of drug-likeness (QED) is 0.848. The second-order valence-electron chi connectivity index (χ2n) is 3.94. The zero-order chi connectivity index (χ0) is 12.3. The van der Waals surface area contributed by atoms with Gasteiger partial charge in [-0.2, -0.15) is 0 Å². The molecule has 2 aromatic rings. The van der Waals surface area contributed by atoms with Gasteiger partial charge in [-0.1, -0.05) is 23.7 Å². The van der Waals surface area contributed by atoms with Crippen molar-refractivity contribution in [1.29, 1.82) is 0 Å². The molecule has 0 saturated carbocycles. The number of rotatable bonds is 3. The van der Waals surface area contributed by atoms with Gasteiger partial charge in [0, 0.05) is 25.5 Å². The summed E-state index contributed by atoms with van der Waals surface area (Å²) in [5, 5.41) is 0.645. The highest BCUT2D eigenvalue weighted by Crippen LogP contribution is 2.16. The lowest BCUT2D eigenvalue weighted by atomic mass is 10.2. The van der Waals surface area contributed by atoms with Crippen molar-refractivity contribution in [1.82, 2.24) is 4.98 Å². The molecule has 0 spiro atoms. The number of anilines is 2. The van der Waals surface area contributed by atoms with Crippen LogP contribution < -0.4 is 10.6 Å². The third-order valence-electron chi connectivity index (χ3n) is 2.47. The van der Waals surface area contributed by atoms with Gasteiger partial charge in [-0.25, -0.2) is 4.98 Å². The van der Waals surface area contributed by atoms with Crippen molar-refractivity contribution in [3.63, 3.8) is 0 Å². The van der Waals surface area contributed by atoms with Crippen LogP contribution in [0, 0.1) is 0 Å². The number of nitrogens with zero attached hydrogens (tertiary/aromatic N) is 2. The molecule has 0 bridgehead atoms. The Morgan fingerprint density at radius 2 is 2.12 bits per heavy atom. The van der Waals surface area contributed by atoms with Crippen molar-refractivity contribution < 1.29 is 0 Å². The molecular formula is C13H14ClN3. The number of nitrogens with two attached hydrogens (primary N) is 1. The molecule has 0 unspecified atom stereocenters. The molecule has 1 heterocycles. The molecule has 0 amide bonds. The second-order valence-corrected chi connectivity index (χ2v) is 4.37. The number of pyridine rings is 1. The minimum Gasteiger partial charge on any atom is -0.399 e. The summed E-state index contributed by atoms with van der Waals surface area (Å²) in [5.74, 6) is 0.886. The normalized spacial score (nSPS) is 10.2. The lowest BCUT2D eigenvalue weighted by molar-refractivity contribution is 0.898. The summed E-state index contributed by atoms with van der Waals surface area (Å²) in [6, 6.07) is 11.6. The first-order valence-corrected chi connectivity index (χ1v) is 5.70. The van der Waals surface area contributed by atoms with Gasteiger partial charge in [-0.3, -0.25) is 0 Å². The van der Waals surface area contributed by atoms with Gasteiger partial charge in [0.05, 0.1) is 5.02 Å². The Labute approximate surface area is 106 Å². The Kier molecular flexibility index (Phi) is 3.49. The molecule has 4 heteroatoms. The molecule has 88 valence electrons. The van der Waals surface area contributed by atoms with Crippen LogP contribution in [0.2, 0.25) is 5.02 Å². The van der Waals surface area contributed by atoms with E-state index < -0.39 is 0 Å². The first-order chi connectivity index (χ1) is 8.15. The predicted octanol–water partition coefficient (Wildman–Crippen LogP) is 2.95. The van der Waals surface area contributed by atoms with E-state index >= 15 is 0 Å². The zero-order valence-corrected chi connectivity index (χ0v) is 10.4. The summed E-state index contributed by atoms with van der Waals surface area (Å²) in [6.45, 7) is 0.764. The van der Waals surface area contributed by atoms with Gasteiger partial charge in [0.2, 0.25) is 0 Å². The van der Waals surface area contributed by atoms with Gasteiger partial charge in [0.15, 0.2) is 0 Å². The highest BCUT2D eigenvalue weighted by Gasteiger charge is 2.03. The number of aromatic nitrogens is 1. The van der Waals surface area contributed by atoms with Gasteiger partial charge >= 0.3 is 0 Å². The summed E-state index contributed by atoms with van der Waals surface area (Å²) < 4.78 is 0. The number of benzene rings is 1. The topological polar surface area (TPSA) is 42.1 Å². The fraction of sp³-hybridized carbons (Fsp3) is 0.154. The Morgan fingerprint density at radius 1 is 1.29 bits per heavy atom. The highest BCUT2D eigenvalue weighted by atomic mass is 35.5. The average Bonchev–Trinajstić information content (AvgIpc) is 2.29. The number of hydrogen-bond donors (Lipinski definition) is 1. The maximum atomic E-state index is 5.80. The fourth-order valence-corrected chi connectivity index (χ4v) is 1.75. The molecule has 17 heavy (non-hydrogen) atoms. The molecule has 3 nitrogen and oxygen atoms in total. The zero-order valence-electron chi connectivity index (χ0n) is 9.60. The van der Waals surface area contributed by atoms with E-state index in [9.17, 15) is 0 Å². The molecular weight excluding hydrogens is 234 g/mol. The van der Waals surface area contributed by atoms with E-state index in [1.165, 1.54) is 0 Å². The smallest absolute Gasteiger partial charge is 0.128 e. The standard InChI is InChI=1S/C13H14ClN3/c1-17(13-6-5-11(14)8-16-13)9-10-3-2-4-12(15)7-10/h2-8H,9,15H2,1H3. The monoisotopic (exact) mass is 247 g/mol. The summed E-state index contributed by atoms with van der Waals surface area (Å²) in [5.41, 5.74) is 7.68. The fourth-order valence-electron chi connectivity index (χ4n) is 1.64. The maximum Gasteiger partial charge on any atom is 0.128 e. The molecule has 0 atom stereocenters. The SMILES string of the molecule is CN(Cc1cccc(N)c1)c1ccc(Cl)cn1. The van der Waals surface area contributed by atoms with E-state index in [2.05, 4.69) is 4.98 Å². The van der Waals surface area contributed by atoms with Crippen molar-refractivity contribution in [3.8, 4) is 0 Å². The molecule has 2 rings (SSSR count). The van der Waals surface area contributed by atoms with Gasteiger partial charge in [0.25, 0.3) is 0 Å². The summed E-state index contributed by atoms with van der Waals surface area (Å²) in [6.07, 6.45) is 1.65. The average molecular weight is 248 g/mol. The Morgan fingerprint density at radius 3 is 2.76 bits per heavy atom. The number of nitrogen functional groups attached to an aromatic ring is 1. The van der Waals surface area contributed by atoms with Crippen LogP contribution in [0.5, 0.6) is 0 Å². The summed E-state index contributed by atoms with van der Waals surface area (Å²) >= 11 is 5.80. The first-order valence-electron chi connectivity index (χ1n) is 5.32. The van der Waals surface area contributed by atoms with Crippen LogP contribution in [0.3, 0.4) is 0 Å². The van der Waals surface area contributed by atoms with Crippen LogP contribution >= 0.6 is 11.6 Å². The van der Waals surface area contributed by atoms with E-state index in [4.69, 9.17) is 17.3 Å². The van der Waals surface area contributed by atoms with Gasteiger partial charge in [-0.15, -0.1) is 0 Å². The molecule has 1 aromatic carbocycles. The van der Waals surface area contributed by atoms with Crippen LogP contribution in [-0.4, -0.2) is 12.0 Å². The van der Waals surface area contributed by atoms with Crippen molar-refractivity contribution in [2.24, 2.45) is 0 Å². The van der Waals surface area contributed by atoms with E-state index in [1.807, 2.05) is 48.3 Å². The molecule has 0 fully saturated rings. The van der Waals surface area contributed by atoms with Crippen LogP contribution in [0.15, 0.2) is 42.6 Å². The predicted molar refractivity (Wildman–Crippen MR) is 72.2 cm³/mol. The van der Waals surface area contributed by atoms with Crippen LogP contribution in [0.25, 0.3) is 0 Å². The van der Waals surface area contributed by atoms with Crippen molar-refractivity contribution in [2.45, 2.75) is 6.54 Å². The van der Waals surface area contributed by atoms with E-state index in [1.54, 1.807) is 6.20 Å². The van der Waals surface area contributed by atoms with E-state index in [0.717, 1.165) is 23.6 Å². The third-order valence-corrected chi connectivity index (χ3v) is 2.70. The summed E-state index contributed by atoms with van der Waals surface area (Å²) in [4.78, 5) is 6.31. The molecule has 0 aliphatic heterocycles. The molecule has 1 aromatic heterocycles. The lowest BCUT2D eigenvalue weighted by Gasteiger charge is -2.18. The first kappa shape index (κ1) is 11.7. The molecule has 0 radical (unpaired) electrons. The Balaban J connectivity index is 2.11. The van der Waals surface area contributed by atoms with Gasteiger partial charge in [0.1, 0.15) is 5.82 Å². The van der Waals surface area contributed by atoms with Crippen LogP contribution in [0.4, 0.5) is 11.5 Å². The lowest BCUT2D eigenvalue weighted by Crippen LogP contribution is -2.17. The van der Waals surface area contributed by atoms with Gasteiger partial charge < -0.3 is 10.6 Å².